The standard InChI is InChI=1S/C16H11N5OS/c1-22-16-18-7-11(8-19-16)13-6-12-14(10-2-4-17-5-3-10)20-9-21-15(12)23-13/h2-9H,1H3. The van der Waals surface area contributed by atoms with E-state index in [4.69, 9.17) is 4.74 Å². The van der Waals surface area contributed by atoms with Crippen LogP contribution in [0.2, 0.25) is 0 Å². The maximum atomic E-state index is 4.99. The third kappa shape index (κ3) is 2.51. The van der Waals surface area contributed by atoms with E-state index >= 15 is 0 Å². The number of nitrogens with zero attached hydrogens (tertiary/aromatic N) is 5. The molecule has 4 aromatic rings. The number of pyridine rings is 1. The number of hydrogen-bond acceptors (Lipinski definition) is 7. The zero-order valence-electron chi connectivity index (χ0n) is 12.2. The van der Waals surface area contributed by atoms with Crippen LogP contribution < -0.4 is 4.74 Å². The van der Waals surface area contributed by atoms with Crippen LogP contribution in [0.3, 0.4) is 0 Å². The lowest BCUT2D eigenvalue weighted by molar-refractivity contribution is 0.380. The lowest BCUT2D eigenvalue weighted by atomic mass is 10.1. The molecule has 0 saturated carbocycles. The molecular formula is C16H11N5OS. The van der Waals surface area contributed by atoms with E-state index in [1.54, 1.807) is 49.6 Å². The van der Waals surface area contributed by atoms with Crippen LogP contribution in [0.4, 0.5) is 0 Å². The number of hydrogen-bond donors (Lipinski definition) is 0. The molecule has 4 rings (SSSR count). The minimum absolute atomic E-state index is 0.354. The molecule has 7 heteroatoms. The van der Waals surface area contributed by atoms with Crippen molar-refractivity contribution in [1.29, 1.82) is 0 Å². The predicted octanol–water partition coefficient (Wildman–Crippen LogP) is 3.22. The zero-order chi connectivity index (χ0) is 15.6. The second-order valence-electron chi connectivity index (χ2n) is 4.75. The van der Waals surface area contributed by atoms with E-state index in [1.165, 1.54) is 0 Å². The van der Waals surface area contributed by atoms with Gasteiger partial charge in [-0.3, -0.25) is 4.98 Å². The van der Waals surface area contributed by atoms with E-state index < -0.39 is 0 Å². The molecular weight excluding hydrogens is 310 g/mol. The van der Waals surface area contributed by atoms with Gasteiger partial charge in [0.05, 0.1) is 12.8 Å². The quantitative estimate of drug-likeness (QED) is 0.577. The van der Waals surface area contributed by atoms with Gasteiger partial charge in [-0.15, -0.1) is 11.3 Å². The Balaban J connectivity index is 1.84. The molecule has 0 saturated heterocycles. The number of aromatic nitrogens is 5. The van der Waals surface area contributed by atoms with Gasteiger partial charge in [0.2, 0.25) is 0 Å². The third-order valence-electron chi connectivity index (χ3n) is 3.38. The van der Waals surface area contributed by atoms with Crippen molar-refractivity contribution >= 4 is 21.6 Å². The molecule has 0 fully saturated rings. The van der Waals surface area contributed by atoms with Crippen molar-refractivity contribution in [2.24, 2.45) is 0 Å². The smallest absolute Gasteiger partial charge is 0.316 e. The molecule has 0 atom stereocenters. The van der Waals surface area contributed by atoms with E-state index in [1.807, 2.05) is 12.1 Å². The Hall–Kier alpha value is -2.93. The molecule has 4 aromatic heterocycles. The maximum absolute atomic E-state index is 4.99. The zero-order valence-corrected chi connectivity index (χ0v) is 13.0. The number of methoxy groups -OCH3 is 1. The molecule has 0 spiro atoms. The molecule has 0 radical (unpaired) electrons. The molecule has 0 bridgehead atoms. The first-order chi connectivity index (χ1) is 11.3. The maximum Gasteiger partial charge on any atom is 0.316 e. The van der Waals surface area contributed by atoms with Gasteiger partial charge in [-0.25, -0.2) is 19.9 Å². The first-order valence-corrected chi connectivity index (χ1v) is 7.68. The fraction of sp³-hybridized carbons (Fsp3) is 0.0625. The fourth-order valence-electron chi connectivity index (χ4n) is 2.29. The minimum Gasteiger partial charge on any atom is -0.467 e. The van der Waals surface area contributed by atoms with Gasteiger partial charge in [0.15, 0.2) is 0 Å². The highest BCUT2D eigenvalue weighted by molar-refractivity contribution is 7.21. The van der Waals surface area contributed by atoms with Crippen LogP contribution in [0.1, 0.15) is 0 Å². The van der Waals surface area contributed by atoms with Crippen LogP contribution in [0.15, 0.2) is 49.3 Å². The molecule has 0 N–H and O–H groups in total. The normalized spacial score (nSPS) is 10.8. The van der Waals surface area contributed by atoms with E-state index in [2.05, 4.69) is 31.0 Å². The van der Waals surface area contributed by atoms with Gasteiger partial charge in [0, 0.05) is 46.2 Å². The van der Waals surface area contributed by atoms with Gasteiger partial charge < -0.3 is 4.74 Å². The average molecular weight is 321 g/mol. The summed E-state index contributed by atoms with van der Waals surface area (Å²) in [6.45, 7) is 0. The number of ether oxygens (including phenoxy) is 1. The van der Waals surface area contributed by atoms with Crippen LogP contribution in [0.5, 0.6) is 6.01 Å². The highest BCUT2D eigenvalue weighted by atomic mass is 32.1. The van der Waals surface area contributed by atoms with Crippen molar-refractivity contribution in [3.8, 4) is 27.7 Å². The summed E-state index contributed by atoms with van der Waals surface area (Å²) >= 11 is 1.59. The highest BCUT2D eigenvalue weighted by Gasteiger charge is 2.12. The molecule has 0 aliphatic rings. The minimum atomic E-state index is 0.354. The Morgan fingerprint density at radius 3 is 2.48 bits per heavy atom. The fourth-order valence-corrected chi connectivity index (χ4v) is 3.26. The van der Waals surface area contributed by atoms with Crippen LogP contribution in [0.25, 0.3) is 31.9 Å². The van der Waals surface area contributed by atoms with Gasteiger partial charge in [0.25, 0.3) is 0 Å². The van der Waals surface area contributed by atoms with Gasteiger partial charge in [0.1, 0.15) is 11.2 Å². The van der Waals surface area contributed by atoms with Crippen LogP contribution in [-0.2, 0) is 0 Å². The van der Waals surface area contributed by atoms with Gasteiger partial charge in [-0.05, 0) is 18.2 Å². The van der Waals surface area contributed by atoms with E-state index in [0.29, 0.717) is 6.01 Å². The topological polar surface area (TPSA) is 73.7 Å². The van der Waals surface area contributed by atoms with Crippen molar-refractivity contribution in [3.63, 3.8) is 0 Å². The molecule has 0 aliphatic carbocycles. The SMILES string of the molecule is COc1ncc(-c2cc3c(-c4ccncc4)ncnc3s2)cn1. The van der Waals surface area contributed by atoms with Crippen molar-refractivity contribution in [2.75, 3.05) is 7.11 Å². The molecule has 23 heavy (non-hydrogen) atoms. The molecule has 4 heterocycles. The summed E-state index contributed by atoms with van der Waals surface area (Å²) < 4.78 is 4.99. The number of rotatable bonds is 3. The van der Waals surface area contributed by atoms with Crippen molar-refractivity contribution < 1.29 is 4.74 Å². The Morgan fingerprint density at radius 2 is 1.74 bits per heavy atom. The second-order valence-corrected chi connectivity index (χ2v) is 5.78. The van der Waals surface area contributed by atoms with Crippen LogP contribution >= 0.6 is 11.3 Å². The summed E-state index contributed by atoms with van der Waals surface area (Å²) in [6, 6.07) is 6.30. The largest absolute Gasteiger partial charge is 0.467 e. The van der Waals surface area contributed by atoms with Gasteiger partial charge in [-0.1, -0.05) is 0 Å². The summed E-state index contributed by atoms with van der Waals surface area (Å²) in [6.07, 6.45) is 8.59. The van der Waals surface area contributed by atoms with Crippen molar-refractivity contribution in [2.45, 2.75) is 0 Å². The van der Waals surface area contributed by atoms with Gasteiger partial charge >= 0.3 is 6.01 Å². The Labute approximate surface area is 135 Å². The molecule has 0 amide bonds. The summed E-state index contributed by atoms with van der Waals surface area (Å²) in [7, 11) is 1.55. The summed E-state index contributed by atoms with van der Waals surface area (Å²) in [5.74, 6) is 0. The molecule has 6 nitrogen and oxygen atoms in total. The molecule has 0 aromatic carbocycles. The third-order valence-corrected chi connectivity index (χ3v) is 4.47. The lowest BCUT2D eigenvalue weighted by Crippen LogP contribution is -1.90. The first kappa shape index (κ1) is 13.7. The van der Waals surface area contributed by atoms with Crippen molar-refractivity contribution in [3.05, 3.63) is 49.3 Å². The lowest BCUT2D eigenvalue weighted by Gasteiger charge is -2.00. The summed E-state index contributed by atoms with van der Waals surface area (Å²) in [4.78, 5) is 23.1. The average Bonchev–Trinajstić information content (AvgIpc) is 3.06. The van der Waals surface area contributed by atoms with Gasteiger partial charge in [-0.2, -0.15) is 0 Å². The monoisotopic (exact) mass is 321 g/mol. The Morgan fingerprint density at radius 1 is 0.957 bits per heavy atom. The Bertz CT molecular complexity index is 953. The van der Waals surface area contributed by atoms with E-state index in [-0.39, 0.29) is 0 Å². The number of thiophene rings is 1. The molecule has 112 valence electrons. The highest BCUT2D eigenvalue weighted by Crippen LogP contribution is 2.35. The van der Waals surface area contributed by atoms with E-state index in [9.17, 15) is 0 Å². The van der Waals surface area contributed by atoms with Crippen LogP contribution in [0, 0.1) is 0 Å². The predicted molar refractivity (Wildman–Crippen MR) is 88.2 cm³/mol. The van der Waals surface area contributed by atoms with E-state index in [0.717, 1.165) is 31.9 Å². The van der Waals surface area contributed by atoms with Crippen molar-refractivity contribution in [1.82, 2.24) is 24.9 Å². The second kappa shape index (κ2) is 5.69. The first-order valence-electron chi connectivity index (χ1n) is 6.86. The molecule has 0 unspecified atom stereocenters. The van der Waals surface area contributed by atoms with Crippen LogP contribution in [-0.4, -0.2) is 32.0 Å². The summed E-state index contributed by atoms with van der Waals surface area (Å²) in [5, 5.41) is 1.01. The molecule has 0 aliphatic heterocycles. The summed E-state index contributed by atoms with van der Waals surface area (Å²) in [5.41, 5.74) is 2.84. The number of fused-ring (bicyclic) bond motifs is 1. The Kier molecular flexibility index (Phi) is 3.39.